The smallest absolute Gasteiger partial charge is 0.407 e. The molecule has 1 heterocycles. The lowest BCUT2D eigenvalue weighted by atomic mass is 10.2. The van der Waals surface area contributed by atoms with Crippen molar-refractivity contribution in [2.75, 3.05) is 20.1 Å². The Hall–Kier alpha value is -2.31. The number of hydrogen-bond acceptors (Lipinski definition) is 3. The molecule has 6 nitrogen and oxygen atoms in total. The molecule has 1 aromatic rings. The lowest BCUT2D eigenvalue weighted by Crippen LogP contribution is -2.44. The standard InChI is InChI=1S/C18H27FN4O2/c1-18(2,3)25-17(24)22-14-9-10-23(12-14)16(20-4)21-11-13-7-5-6-8-15(13)19/h5-8,14H,9-12H2,1-4H3,(H,20,21)(H,22,24). The van der Waals surface area contributed by atoms with Crippen molar-refractivity contribution in [2.24, 2.45) is 4.99 Å². The molecule has 1 fully saturated rings. The van der Waals surface area contributed by atoms with Crippen LogP contribution in [0.1, 0.15) is 32.8 Å². The van der Waals surface area contributed by atoms with Gasteiger partial charge in [-0.1, -0.05) is 18.2 Å². The maximum Gasteiger partial charge on any atom is 0.407 e. The Morgan fingerprint density at radius 2 is 2.12 bits per heavy atom. The van der Waals surface area contributed by atoms with E-state index in [-0.39, 0.29) is 11.9 Å². The predicted molar refractivity (Wildman–Crippen MR) is 95.9 cm³/mol. The van der Waals surface area contributed by atoms with Gasteiger partial charge in [0.1, 0.15) is 11.4 Å². The molecule has 2 rings (SSSR count). The highest BCUT2D eigenvalue weighted by atomic mass is 19.1. The van der Waals surface area contributed by atoms with Gasteiger partial charge in [0.05, 0.1) is 6.04 Å². The van der Waals surface area contributed by atoms with E-state index in [9.17, 15) is 9.18 Å². The zero-order valence-corrected chi connectivity index (χ0v) is 15.3. The Bertz CT molecular complexity index is 628. The van der Waals surface area contributed by atoms with Gasteiger partial charge in [0.15, 0.2) is 5.96 Å². The average Bonchev–Trinajstić information content (AvgIpc) is 2.96. The molecule has 0 bridgehead atoms. The number of guanidine groups is 1. The average molecular weight is 350 g/mol. The van der Waals surface area contributed by atoms with Gasteiger partial charge >= 0.3 is 6.09 Å². The van der Waals surface area contributed by atoms with Gasteiger partial charge in [-0.2, -0.15) is 0 Å². The first kappa shape index (κ1) is 19.0. The molecule has 0 aromatic heterocycles. The second kappa shape index (κ2) is 8.18. The summed E-state index contributed by atoms with van der Waals surface area (Å²) in [5, 5.41) is 6.05. The summed E-state index contributed by atoms with van der Waals surface area (Å²) in [5.41, 5.74) is 0.0750. The number of ether oxygens (including phenoxy) is 1. The number of amides is 1. The quantitative estimate of drug-likeness (QED) is 0.649. The number of carbonyl (C=O) groups excluding carboxylic acids is 1. The van der Waals surface area contributed by atoms with Crippen LogP contribution in [-0.2, 0) is 11.3 Å². The van der Waals surface area contributed by atoms with Gasteiger partial charge in [-0.05, 0) is 33.3 Å². The van der Waals surface area contributed by atoms with E-state index in [0.29, 0.717) is 24.6 Å². The fraction of sp³-hybridized carbons (Fsp3) is 0.556. The third-order valence-corrected chi connectivity index (χ3v) is 3.82. The van der Waals surface area contributed by atoms with E-state index >= 15 is 0 Å². The monoisotopic (exact) mass is 350 g/mol. The first-order chi connectivity index (χ1) is 11.8. The molecule has 7 heteroatoms. The summed E-state index contributed by atoms with van der Waals surface area (Å²) < 4.78 is 19.0. The summed E-state index contributed by atoms with van der Waals surface area (Å²) in [7, 11) is 1.69. The molecular weight excluding hydrogens is 323 g/mol. The van der Waals surface area contributed by atoms with Crippen molar-refractivity contribution in [3.8, 4) is 0 Å². The van der Waals surface area contributed by atoms with Gasteiger partial charge in [0.2, 0.25) is 0 Å². The summed E-state index contributed by atoms with van der Waals surface area (Å²) in [6.07, 6.45) is 0.397. The molecule has 1 aromatic carbocycles. The molecule has 0 radical (unpaired) electrons. The molecule has 1 aliphatic rings. The van der Waals surface area contributed by atoms with Crippen LogP contribution in [0.2, 0.25) is 0 Å². The number of halogens is 1. The summed E-state index contributed by atoms with van der Waals surface area (Å²) >= 11 is 0. The second-order valence-electron chi connectivity index (χ2n) is 7.07. The molecule has 2 N–H and O–H groups in total. The van der Waals surface area contributed by atoms with E-state index in [2.05, 4.69) is 15.6 Å². The summed E-state index contributed by atoms with van der Waals surface area (Å²) in [6, 6.07) is 6.66. The number of benzene rings is 1. The maximum absolute atomic E-state index is 13.7. The van der Waals surface area contributed by atoms with Crippen molar-refractivity contribution in [1.82, 2.24) is 15.5 Å². The minimum absolute atomic E-state index is 0.00172. The molecule has 1 atom stereocenters. The first-order valence-corrected chi connectivity index (χ1v) is 8.47. The second-order valence-corrected chi connectivity index (χ2v) is 7.07. The summed E-state index contributed by atoms with van der Waals surface area (Å²) in [4.78, 5) is 18.2. The van der Waals surface area contributed by atoms with Crippen LogP contribution in [0.3, 0.4) is 0 Å². The fourth-order valence-electron chi connectivity index (χ4n) is 2.69. The Labute approximate surface area is 148 Å². The largest absolute Gasteiger partial charge is 0.444 e. The zero-order chi connectivity index (χ0) is 18.4. The highest BCUT2D eigenvalue weighted by molar-refractivity contribution is 5.80. The lowest BCUT2D eigenvalue weighted by molar-refractivity contribution is 0.0507. The van der Waals surface area contributed by atoms with Gasteiger partial charge in [-0.15, -0.1) is 0 Å². The van der Waals surface area contributed by atoms with Crippen molar-refractivity contribution >= 4 is 12.1 Å². The number of nitrogens with one attached hydrogen (secondary N) is 2. The van der Waals surface area contributed by atoms with Crippen LogP contribution in [-0.4, -0.2) is 48.7 Å². The number of hydrogen-bond donors (Lipinski definition) is 2. The van der Waals surface area contributed by atoms with Gasteiger partial charge in [-0.3, -0.25) is 4.99 Å². The van der Waals surface area contributed by atoms with Crippen molar-refractivity contribution in [2.45, 2.75) is 45.4 Å². The Balaban J connectivity index is 1.85. The van der Waals surface area contributed by atoms with Gasteiger partial charge < -0.3 is 20.3 Å². The number of alkyl carbamates (subject to hydrolysis) is 1. The number of rotatable bonds is 3. The van der Waals surface area contributed by atoms with Crippen LogP contribution in [0.15, 0.2) is 29.3 Å². The number of aliphatic imine (C=N–C) groups is 1. The minimum atomic E-state index is -0.514. The lowest BCUT2D eigenvalue weighted by Gasteiger charge is -2.23. The third kappa shape index (κ3) is 5.92. The summed E-state index contributed by atoms with van der Waals surface area (Å²) in [5.74, 6) is 0.452. The molecule has 138 valence electrons. The topological polar surface area (TPSA) is 66.0 Å². The number of likely N-dealkylation sites (tertiary alicyclic amines) is 1. The minimum Gasteiger partial charge on any atom is -0.444 e. The first-order valence-electron chi connectivity index (χ1n) is 8.47. The molecule has 1 saturated heterocycles. The summed E-state index contributed by atoms with van der Waals surface area (Å²) in [6.45, 7) is 7.26. The van der Waals surface area contributed by atoms with Crippen LogP contribution in [0, 0.1) is 5.82 Å². The van der Waals surface area contributed by atoms with E-state index in [1.165, 1.54) is 6.07 Å². The molecule has 25 heavy (non-hydrogen) atoms. The van der Waals surface area contributed by atoms with Crippen LogP contribution in [0.5, 0.6) is 0 Å². The fourth-order valence-corrected chi connectivity index (χ4v) is 2.69. The van der Waals surface area contributed by atoms with Crippen molar-refractivity contribution < 1.29 is 13.9 Å². The number of carbonyl (C=O) groups is 1. The van der Waals surface area contributed by atoms with Crippen molar-refractivity contribution in [3.05, 3.63) is 35.6 Å². The maximum atomic E-state index is 13.7. The Morgan fingerprint density at radius 1 is 1.40 bits per heavy atom. The molecule has 1 aliphatic heterocycles. The molecular formula is C18H27FN4O2. The molecule has 1 amide bonds. The van der Waals surface area contributed by atoms with Crippen LogP contribution >= 0.6 is 0 Å². The molecule has 1 unspecified atom stereocenters. The van der Waals surface area contributed by atoms with E-state index in [1.807, 2.05) is 25.7 Å². The van der Waals surface area contributed by atoms with Crippen LogP contribution < -0.4 is 10.6 Å². The molecule has 0 spiro atoms. The molecule has 0 saturated carbocycles. The number of nitrogens with zero attached hydrogens (tertiary/aromatic N) is 2. The Kier molecular flexibility index (Phi) is 6.22. The van der Waals surface area contributed by atoms with E-state index < -0.39 is 11.7 Å². The van der Waals surface area contributed by atoms with E-state index in [1.54, 1.807) is 25.2 Å². The third-order valence-electron chi connectivity index (χ3n) is 3.82. The zero-order valence-electron chi connectivity index (χ0n) is 15.3. The normalized spacial score (nSPS) is 18.2. The van der Waals surface area contributed by atoms with Crippen molar-refractivity contribution in [1.29, 1.82) is 0 Å². The van der Waals surface area contributed by atoms with Gasteiger partial charge in [-0.25, -0.2) is 9.18 Å². The van der Waals surface area contributed by atoms with E-state index in [0.717, 1.165) is 13.0 Å². The Morgan fingerprint density at radius 3 is 2.76 bits per heavy atom. The SMILES string of the molecule is CN=C(NCc1ccccc1F)N1CCC(NC(=O)OC(C)(C)C)C1. The predicted octanol–water partition coefficient (Wildman–Crippen LogP) is 2.50. The van der Waals surface area contributed by atoms with Gasteiger partial charge in [0.25, 0.3) is 0 Å². The van der Waals surface area contributed by atoms with Gasteiger partial charge in [0, 0.05) is 32.2 Å². The molecule has 0 aliphatic carbocycles. The highest BCUT2D eigenvalue weighted by Crippen LogP contribution is 2.12. The van der Waals surface area contributed by atoms with Crippen LogP contribution in [0.4, 0.5) is 9.18 Å². The van der Waals surface area contributed by atoms with Crippen LogP contribution in [0.25, 0.3) is 0 Å². The van der Waals surface area contributed by atoms with E-state index in [4.69, 9.17) is 4.74 Å². The van der Waals surface area contributed by atoms with Crippen molar-refractivity contribution in [3.63, 3.8) is 0 Å². The highest BCUT2D eigenvalue weighted by Gasteiger charge is 2.27.